The summed E-state index contributed by atoms with van der Waals surface area (Å²) in [7, 11) is 0. The number of carbonyl (C=O) groups excluding carboxylic acids is 1. The van der Waals surface area contributed by atoms with Gasteiger partial charge in [0, 0.05) is 38.8 Å². The van der Waals surface area contributed by atoms with Gasteiger partial charge in [-0.2, -0.15) is 0 Å². The average molecular weight is 313 g/mol. The Bertz CT molecular complexity index is 672. The Morgan fingerprint density at radius 3 is 2.57 bits per heavy atom. The number of amides is 1. The van der Waals surface area contributed by atoms with Crippen LogP contribution >= 0.6 is 0 Å². The molecule has 0 spiro atoms. The van der Waals surface area contributed by atoms with Crippen LogP contribution in [0, 0.1) is 13.8 Å². The van der Waals surface area contributed by atoms with Crippen LogP contribution in [0.5, 0.6) is 0 Å². The van der Waals surface area contributed by atoms with E-state index in [1.165, 1.54) is 5.56 Å². The molecule has 5 heteroatoms. The first-order valence-electron chi connectivity index (χ1n) is 8.08. The maximum atomic E-state index is 12.5. The van der Waals surface area contributed by atoms with Gasteiger partial charge in [-0.3, -0.25) is 9.69 Å². The predicted molar refractivity (Wildman–Crippen MR) is 88.0 cm³/mol. The number of benzene rings is 1. The molecule has 5 nitrogen and oxygen atoms in total. The SMILES string of the molecule is Cc1cc(CN2CCN(C(=O)Cc3ccccc3C)CC2)no1. The van der Waals surface area contributed by atoms with Crippen molar-refractivity contribution < 1.29 is 9.32 Å². The molecule has 0 aliphatic carbocycles. The Morgan fingerprint density at radius 1 is 1.17 bits per heavy atom. The van der Waals surface area contributed by atoms with E-state index >= 15 is 0 Å². The Hall–Kier alpha value is -2.14. The normalized spacial score (nSPS) is 15.8. The van der Waals surface area contributed by atoms with Crippen molar-refractivity contribution in [3.63, 3.8) is 0 Å². The number of carbonyl (C=O) groups is 1. The van der Waals surface area contributed by atoms with Gasteiger partial charge in [0.15, 0.2) is 0 Å². The van der Waals surface area contributed by atoms with E-state index in [1.54, 1.807) is 0 Å². The minimum absolute atomic E-state index is 0.219. The van der Waals surface area contributed by atoms with Crippen LogP contribution in [0.3, 0.4) is 0 Å². The molecule has 0 radical (unpaired) electrons. The van der Waals surface area contributed by atoms with Crippen molar-refractivity contribution in [2.24, 2.45) is 0 Å². The number of piperazine rings is 1. The van der Waals surface area contributed by atoms with Gasteiger partial charge in [-0.05, 0) is 25.0 Å². The summed E-state index contributed by atoms with van der Waals surface area (Å²) in [6.45, 7) is 8.07. The van der Waals surface area contributed by atoms with E-state index in [0.29, 0.717) is 6.42 Å². The van der Waals surface area contributed by atoms with Crippen molar-refractivity contribution in [2.75, 3.05) is 26.2 Å². The van der Waals surface area contributed by atoms with Crippen LogP contribution < -0.4 is 0 Å². The second kappa shape index (κ2) is 6.96. The fourth-order valence-electron chi connectivity index (χ4n) is 2.96. The lowest BCUT2D eigenvalue weighted by molar-refractivity contribution is -0.132. The lowest BCUT2D eigenvalue weighted by Crippen LogP contribution is -2.48. The summed E-state index contributed by atoms with van der Waals surface area (Å²) in [4.78, 5) is 16.8. The highest BCUT2D eigenvalue weighted by Crippen LogP contribution is 2.12. The molecule has 1 saturated heterocycles. The highest BCUT2D eigenvalue weighted by atomic mass is 16.5. The summed E-state index contributed by atoms with van der Waals surface area (Å²) >= 11 is 0. The average Bonchev–Trinajstić information content (AvgIpc) is 2.95. The first kappa shape index (κ1) is 15.7. The fourth-order valence-corrected chi connectivity index (χ4v) is 2.96. The van der Waals surface area contributed by atoms with Gasteiger partial charge in [0.1, 0.15) is 5.76 Å². The largest absolute Gasteiger partial charge is 0.361 e. The summed E-state index contributed by atoms with van der Waals surface area (Å²) < 4.78 is 5.10. The maximum Gasteiger partial charge on any atom is 0.227 e. The summed E-state index contributed by atoms with van der Waals surface area (Å²) in [5.41, 5.74) is 3.26. The van der Waals surface area contributed by atoms with Crippen LogP contribution in [0.4, 0.5) is 0 Å². The zero-order chi connectivity index (χ0) is 16.2. The molecule has 3 rings (SSSR count). The van der Waals surface area contributed by atoms with Crippen molar-refractivity contribution >= 4 is 5.91 Å². The van der Waals surface area contributed by atoms with Crippen LogP contribution in [-0.4, -0.2) is 47.0 Å². The smallest absolute Gasteiger partial charge is 0.227 e. The zero-order valence-corrected chi connectivity index (χ0v) is 13.8. The van der Waals surface area contributed by atoms with Crippen molar-refractivity contribution in [1.29, 1.82) is 0 Å². The molecular formula is C18H23N3O2. The van der Waals surface area contributed by atoms with Gasteiger partial charge in [0.25, 0.3) is 0 Å². The molecule has 0 saturated carbocycles. The second-order valence-corrected chi connectivity index (χ2v) is 6.19. The minimum atomic E-state index is 0.219. The Morgan fingerprint density at radius 2 is 1.91 bits per heavy atom. The first-order valence-corrected chi connectivity index (χ1v) is 8.08. The molecule has 1 amide bonds. The number of hydrogen-bond donors (Lipinski definition) is 0. The van der Waals surface area contributed by atoms with Crippen LogP contribution in [0.25, 0.3) is 0 Å². The second-order valence-electron chi connectivity index (χ2n) is 6.19. The van der Waals surface area contributed by atoms with Crippen molar-refractivity contribution in [3.05, 3.63) is 52.9 Å². The van der Waals surface area contributed by atoms with Crippen LogP contribution in [0.1, 0.15) is 22.6 Å². The molecule has 0 N–H and O–H groups in total. The number of hydrogen-bond acceptors (Lipinski definition) is 4. The van der Waals surface area contributed by atoms with Gasteiger partial charge in [0.2, 0.25) is 5.91 Å². The Labute approximate surface area is 136 Å². The summed E-state index contributed by atoms with van der Waals surface area (Å²) in [5, 5.41) is 4.03. The minimum Gasteiger partial charge on any atom is -0.361 e. The molecule has 1 fully saturated rings. The highest BCUT2D eigenvalue weighted by molar-refractivity contribution is 5.79. The van der Waals surface area contributed by atoms with E-state index in [0.717, 1.165) is 49.7 Å². The zero-order valence-electron chi connectivity index (χ0n) is 13.8. The van der Waals surface area contributed by atoms with Gasteiger partial charge >= 0.3 is 0 Å². The summed E-state index contributed by atoms with van der Waals surface area (Å²) in [6.07, 6.45) is 0.495. The van der Waals surface area contributed by atoms with Gasteiger partial charge in [-0.25, -0.2) is 0 Å². The third-order valence-electron chi connectivity index (χ3n) is 4.39. The first-order chi connectivity index (χ1) is 11.1. The molecule has 122 valence electrons. The number of rotatable bonds is 4. The molecule has 0 unspecified atom stereocenters. The number of nitrogens with zero attached hydrogens (tertiary/aromatic N) is 3. The van der Waals surface area contributed by atoms with Crippen molar-refractivity contribution in [3.8, 4) is 0 Å². The number of aromatic nitrogens is 1. The van der Waals surface area contributed by atoms with Crippen LogP contribution in [0.2, 0.25) is 0 Å². The van der Waals surface area contributed by atoms with Gasteiger partial charge < -0.3 is 9.42 Å². The Kier molecular flexibility index (Phi) is 4.76. The summed E-state index contributed by atoms with van der Waals surface area (Å²) in [6, 6.07) is 10.1. The van der Waals surface area contributed by atoms with Crippen LogP contribution in [0.15, 0.2) is 34.9 Å². The number of aryl methyl sites for hydroxylation is 2. The Balaban J connectivity index is 1.50. The van der Waals surface area contributed by atoms with Gasteiger partial charge in [-0.15, -0.1) is 0 Å². The van der Waals surface area contributed by atoms with E-state index in [4.69, 9.17) is 4.52 Å². The molecular weight excluding hydrogens is 290 g/mol. The van der Waals surface area contributed by atoms with Crippen molar-refractivity contribution in [2.45, 2.75) is 26.8 Å². The van der Waals surface area contributed by atoms with E-state index in [1.807, 2.05) is 36.1 Å². The topological polar surface area (TPSA) is 49.6 Å². The van der Waals surface area contributed by atoms with E-state index in [9.17, 15) is 4.79 Å². The fraction of sp³-hybridized carbons (Fsp3) is 0.444. The van der Waals surface area contributed by atoms with Gasteiger partial charge in [-0.1, -0.05) is 29.4 Å². The third-order valence-corrected chi connectivity index (χ3v) is 4.39. The van der Waals surface area contributed by atoms with Crippen LogP contribution in [-0.2, 0) is 17.8 Å². The maximum absolute atomic E-state index is 12.5. The lowest BCUT2D eigenvalue weighted by Gasteiger charge is -2.34. The van der Waals surface area contributed by atoms with Crippen molar-refractivity contribution in [1.82, 2.24) is 15.0 Å². The quantitative estimate of drug-likeness (QED) is 0.868. The standard InChI is InChI=1S/C18H23N3O2/c1-14-5-3-4-6-16(14)12-18(22)21-9-7-20(8-10-21)13-17-11-15(2)23-19-17/h3-6,11H,7-10,12-13H2,1-2H3. The molecule has 0 atom stereocenters. The summed E-state index contributed by atoms with van der Waals surface area (Å²) in [5.74, 6) is 1.06. The predicted octanol–water partition coefficient (Wildman–Crippen LogP) is 2.18. The molecule has 2 aromatic rings. The van der Waals surface area contributed by atoms with E-state index in [2.05, 4.69) is 23.0 Å². The molecule has 1 aromatic heterocycles. The molecule has 2 heterocycles. The lowest BCUT2D eigenvalue weighted by atomic mass is 10.1. The molecule has 1 aliphatic heterocycles. The molecule has 1 aliphatic rings. The highest BCUT2D eigenvalue weighted by Gasteiger charge is 2.22. The van der Waals surface area contributed by atoms with E-state index < -0.39 is 0 Å². The molecule has 23 heavy (non-hydrogen) atoms. The molecule has 0 bridgehead atoms. The monoisotopic (exact) mass is 313 g/mol. The van der Waals surface area contributed by atoms with Gasteiger partial charge in [0.05, 0.1) is 12.1 Å². The molecule has 1 aromatic carbocycles. The van der Waals surface area contributed by atoms with E-state index in [-0.39, 0.29) is 5.91 Å². The third kappa shape index (κ3) is 3.99.